The number of hydrogen-bond donors (Lipinski definition) is 4. The molecule has 1 aliphatic carbocycles. The van der Waals surface area contributed by atoms with E-state index in [9.17, 15) is 19.6 Å². The van der Waals surface area contributed by atoms with Crippen LogP contribution in [0.4, 0.5) is 0 Å². The molecule has 1 aliphatic rings. The second-order valence-corrected chi connectivity index (χ2v) is 9.70. The number of carbonyl (C=O) groups is 3. The highest BCUT2D eigenvalue weighted by Gasteiger charge is 2.40. The van der Waals surface area contributed by atoms with Gasteiger partial charge < -0.3 is 15.8 Å². The maximum atomic E-state index is 13.4. The zero-order valence-electron chi connectivity index (χ0n) is 19.5. The first-order valence-corrected chi connectivity index (χ1v) is 11.3. The largest absolute Gasteiger partial charge is 0.368 e. The molecule has 4 atom stereocenters. The van der Waals surface area contributed by atoms with Crippen LogP contribution in [-0.4, -0.2) is 41.7 Å². The molecule has 2 rings (SSSR count). The van der Waals surface area contributed by atoms with Crippen molar-refractivity contribution < 1.29 is 24.3 Å². The lowest BCUT2D eigenvalue weighted by Crippen LogP contribution is -2.56. The number of fused-ring (bicyclic) bond motifs is 1. The number of hydrogen-bond acceptors (Lipinski definition) is 5. The van der Waals surface area contributed by atoms with Crippen LogP contribution in [0.5, 0.6) is 0 Å². The Balaban J connectivity index is 2.30. The van der Waals surface area contributed by atoms with Crippen LogP contribution in [0.3, 0.4) is 0 Å². The summed E-state index contributed by atoms with van der Waals surface area (Å²) in [6.07, 6.45) is 2.42. The van der Waals surface area contributed by atoms with Gasteiger partial charge in [0.05, 0.1) is 5.92 Å². The molecule has 32 heavy (non-hydrogen) atoms. The molecule has 0 saturated carbocycles. The minimum atomic E-state index is -1.18. The second-order valence-electron chi connectivity index (χ2n) is 9.70. The molecule has 8 nitrogen and oxygen atoms in total. The van der Waals surface area contributed by atoms with Crippen LogP contribution in [0.15, 0.2) is 24.3 Å². The summed E-state index contributed by atoms with van der Waals surface area (Å²) in [5.41, 5.74) is 9.12. The molecule has 0 radical (unpaired) electrons. The molecule has 0 heterocycles. The molecule has 0 aromatic heterocycles. The number of rotatable bonds is 10. The SMILES string of the molecule is CCCO[C@H](C(=O)NO)[C@@H](CC1CCc2ccccc2C1)C(=O)N[C@H](C(N)=O)C(C)(C)C. The number of amides is 3. The van der Waals surface area contributed by atoms with E-state index in [1.54, 1.807) is 26.3 Å². The molecular formula is C24H37N3O5. The van der Waals surface area contributed by atoms with Gasteiger partial charge in [0, 0.05) is 6.61 Å². The van der Waals surface area contributed by atoms with Crippen molar-refractivity contribution in [3.05, 3.63) is 35.4 Å². The van der Waals surface area contributed by atoms with Crippen molar-refractivity contribution in [2.45, 2.75) is 71.9 Å². The minimum Gasteiger partial charge on any atom is -0.368 e. The van der Waals surface area contributed by atoms with Crippen LogP contribution in [0, 0.1) is 17.3 Å². The molecular weight excluding hydrogens is 410 g/mol. The second kappa shape index (κ2) is 11.4. The molecule has 0 saturated heterocycles. The van der Waals surface area contributed by atoms with Crippen molar-refractivity contribution in [2.75, 3.05) is 6.61 Å². The Hall–Kier alpha value is -2.45. The number of carbonyl (C=O) groups excluding carboxylic acids is 3. The van der Waals surface area contributed by atoms with Gasteiger partial charge in [0.2, 0.25) is 11.8 Å². The van der Waals surface area contributed by atoms with E-state index in [1.165, 1.54) is 11.1 Å². The van der Waals surface area contributed by atoms with Gasteiger partial charge in [0.25, 0.3) is 5.91 Å². The lowest BCUT2D eigenvalue weighted by Gasteiger charge is -2.34. The van der Waals surface area contributed by atoms with Crippen LogP contribution in [0.25, 0.3) is 0 Å². The number of benzene rings is 1. The molecule has 0 spiro atoms. The number of nitrogens with two attached hydrogens (primary N) is 1. The number of ether oxygens (including phenoxy) is 1. The fourth-order valence-corrected chi connectivity index (χ4v) is 4.35. The van der Waals surface area contributed by atoms with Crippen molar-refractivity contribution in [3.63, 3.8) is 0 Å². The Morgan fingerprint density at radius 2 is 1.84 bits per heavy atom. The first-order chi connectivity index (χ1) is 15.1. The Morgan fingerprint density at radius 3 is 2.41 bits per heavy atom. The third-order valence-corrected chi connectivity index (χ3v) is 6.05. The van der Waals surface area contributed by atoms with Crippen LogP contribution >= 0.6 is 0 Å². The number of hydroxylamine groups is 1. The Bertz CT molecular complexity index is 805. The average molecular weight is 448 g/mol. The minimum absolute atomic E-state index is 0.154. The molecule has 1 unspecified atom stereocenters. The smallest absolute Gasteiger partial charge is 0.273 e. The highest BCUT2D eigenvalue weighted by atomic mass is 16.5. The zero-order chi connectivity index (χ0) is 23.9. The van der Waals surface area contributed by atoms with Crippen molar-refractivity contribution >= 4 is 17.7 Å². The van der Waals surface area contributed by atoms with Crippen molar-refractivity contribution in [1.82, 2.24) is 10.8 Å². The molecule has 0 bridgehead atoms. The van der Waals surface area contributed by atoms with Gasteiger partial charge in [-0.15, -0.1) is 0 Å². The summed E-state index contributed by atoms with van der Waals surface area (Å²) < 4.78 is 5.72. The Kier molecular flexibility index (Phi) is 9.21. The fourth-order valence-electron chi connectivity index (χ4n) is 4.35. The van der Waals surface area contributed by atoms with Crippen molar-refractivity contribution in [1.29, 1.82) is 0 Å². The summed E-state index contributed by atoms with van der Waals surface area (Å²) in [5, 5.41) is 12.0. The van der Waals surface area contributed by atoms with Gasteiger partial charge in [-0.2, -0.15) is 0 Å². The van der Waals surface area contributed by atoms with Crippen LogP contribution in [0.2, 0.25) is 0 Å². The summed E-state index contributed by atoms with van der Waals surface area (Å²) in [7, 11) is 0. The van der Waals surface area contributed by atoms with Crippen LogP contribution in [0.1, 0.15) is 58.1 Å². The quantitative estimate of drug-likeness (QED) is 0.322. The molecule has 0 fully saturated rings. The van der Waals surface area contributed by atoms with Gasteiger partial charge in [0.15, 0.2) is 0 Å². The van der Waals surface area contributed by atoms with E-state index < -0.39 is 41.2 Å². The Labute approximate surface area is 190 Å². The standard InChI is InChI=1S/C24H37N3O5/c1-5-12-32-19(23(30)27-31)18(22(29)26-20(21(25)28)24(2,3)4)14-15-10-11-16-8-6-7-9-17(16)13-15/h6-9,15,18-20,31H,5,10-14H2,1-4H3,(H2,25,28)(H,26,29)(H,27,30)/t15?,18-,19+,20-/m1/s1. The normalized spacial score (nSPS) is 18.7. The Morgan fingerprint density at radius 1 is 1.19 bits per heavy atom. The lowest BCUT2D eigenvalue weighted by molar-refractivity contribution is -0.152. The van der Waals surface area contributed by atoms with Gasteiger partial charge in [-0.05, 0) is 54.6 Å². The first kappa shape index (κ1) is 25.8. The summed E-state index contributed by atoms with van der Waals surface area (Å²) in [5.74, 6) is -2.63. The van der Waals surface area contributed by atoms with Gasteiger partial charge in [-0.1, -0.05) is 52.0 Å². The third kappa shape index (κ3) is 6.77. The summed E-state index contributed by atoms with van der Waals surface area (Å²) in [4.78, 5) is 37.9. The van der Waals surface area contributed by atoms with Crippen molar-refractivity contribution in [2.24, 2.45) is 23.0 Å². The molecule has 1 aromatic rings. The van der Waals surface area contributed by atoms with E-state index in [-0.39, 0.29) is 12.5 Å². The van der Waals surface area contributed by atoms with Crippen molar-refractivity contribution in [3.8, 4) is 0 Å². The van der Waals surface area contributed by atoms with Gasteiger partial charge in [-0.25, -0.2) is 5.48 Å². The number of primary amides is 1. The van der Waals surface area contributed by atoms with E-state index in [0.29, 0.717) is 12.8 Å². The van der Waals surface area contributed by atoms with E-state index in [4.69, 9.17) is 10.5 Å². The maximum absolute atomic E-state index is 13.4. The molecule has 5 N–H and O–H groups in total. The topological polar surface area (TPSA) is 131 Å². The third-order valence-electron chi connectivity index (χ3n) is 6.05. The summed E-state index contributed by atoms with van der Waals surface area (Å²) >= 11 is 0. The molecule has 178 valence electrons. The molecule has 1 aromatic carbocycles. The van der Waals surface area contributed by atoms with Gasteiger partial charge in [-0.3, -0.25) is 19.6 Å². The molecule has 0 aliphatic heterocycles. The maximum Gasteiger partial charge on any atom is 0.273 e. The number of aryl methyl sites for hydroxylation is 1. The van der Waals surface area contributed by atoms with Gasteiger partial charge >= 0.3 is 0 Å². The van der Waals surface area contributed by atoms with Crippen LogP contribution < -0.4 is 16.5 Å². The molecule has 3 amide bonds. The van der Waals surface area contributed by atoms with E-state index in [2.05, 4.69) is 17.4 Å². The van der Waals surface area contributed by atoms with E-state index in [1.807, 2.05) is 19.1 Å². The zero-order valence-corrected chi connectivity index (χ0v) is 19.5. The predicted octanol–water partition coefficient (Wildman–Crippen LogP) is 2.11. The molecule has 8 heteroatoms. The highest BCUT2D eigenvalue weighted by Crippen LogP contribution is 2.32. The number of nitrogens with one attached hydrogen (secondary N) is 2. The van der Waals surface area contributed by atoms with Crippen LogP contribution in [-0.2, 0) is 32.0 Å². The monoisotopic (exact) mass is 447 g/mol. The first-order valence-electron chi connectivity index (χ1n) is 11.3. The van der Waals surface area contributed by atoms with E-state index in [0.717, 1.165) is 19.3 Å². The van der Waals surface area contributed by atoms with Gasteiger partial charge in [0.1, 0.15) is 12.1 Å². The lowest BCUT2D eigenvalue weighted by atomic mass is 9.77. The average Bonchev–Trinajstić information content (AvgIpc) is 2.75. The fraction of sp³-hybridized carbons (Fsp3) is 0.625. The highest BCUT2D eigenvalue weighted by molar-refractivity contribution is 5.92. The summed E-state index contributed by atoms with van der Waals surface area (Å²) in [6, 6.07) is 7.31. The predicted molar refractivity (Wildman–Crippen MR) is 121 cm³/mol. The summed E-state index contributed by atoms with van der Waals surface area (Å²) in [6.45, 7) is 7.57. The van der Waals surface area contributed by atoms with E-state index >= 15 is 0 Å².